The summed E-state index contributed by atoms with van der Waals surface area (Å²) in [6.07, 6.45) is 2.17. The number of rotatable bonds is 8. The molecule has 2 heterocycles. The minimum Gasteiger partial charge on any atom is -0.385 e. The van der Waals surface area contributed by atoms with Crippen molar-refractivity contribution in [2.45, 2.75) is 26.2 Å². The number of amides is 2. The highest BCUT2D eigenvalue weighted by Gasteiger charge is 2.28. The van der Waals surface area contributed by atoms with Crippen LogP contribution < -0.4 is 10.6 Å². The number of hydrogen-bond acceptors (Lipinski definition) is 6. The first-order valence-corrected chi connectivity index (χ1v) is 10.8. The molecule has 0 unspecified atom stereocenters. The van der Waals surface area contributed by atoms with E-state index in [2.05, 4.69) is 15.6 Å². The lowest BCUT2D eigenvalue weighted by Gasteiger charge is -2.30. The van der Waals surface area contributed by atoms with Gasteiger partial charge in [-0.3, -0.25) is 9.59 Å². The van der Waals surface area contributed by atoms with Crippen molar-refractivity contribution >= 4 is 34.0 Å². The lowest BCUT2D eigenvalue weighted by molar-refractivity contribution is -0.126. The van der Waals surface area contributed by atoms with E-state index >= 15 is 0 Å². The Morgan fingerprint density at radius 2 is 1.97 bits per heavy atom. The Labute approximate surface area is 175 Å². The number of thiazole rings is 1. The average molecular weight is 417 g/mol. The fourth-order valence-electron chi connectivity index (χ4n) is 3.27. The molecule has 29 heavy (non-hydrogen) atoms. The molecule has 8 heteroatoms. The zero-order valence-corrected chi connectivity index (χ0v) is 17.8. The third kappa shape index (κ3) is 6.01. The number of hydrogen-bond donors (Lipinski definition) is 2. The van der Waals surface area contributed by atoms with Crippen LogP contribution in [0.2, 0.25) is 0 Å². The van der Waals surface area contributed by atoms with E-state index in [9.17, 15) is 9.59 Å². The first kappa shape index (κ1) is 21.3. The van der Waals surface area contributed by atoms with E-state index in [1.807, 2.05) is 31.2 Å². The summed E-state index contributed by atoms with van der Waals surface area (Å²) in [6.45, 7) is 4.46. The zero-order chi connectivity index (χ0) is 20.6. The van der Waals surface area contributed by atoms with Crippen LogP contribution in [0.5, 0.6) is 0 Å². The van der Waals surface area contributed by atoms with Gasteiger partial charge in [0.05, 0.1) is 0 Å². The normalized spacial score (nSPS) is 14.6. The predicted molar refractivity (Wildman–Crippen MR) is 115 cm³/mol. The van der Waals surface area contributed by atoms with E-state index in [1.165, 1.54) is 16.9 Å². The molecule has 0 aliphatic carbocycles. The second-order valence-corrected chi connectivity index (χ2v) is 8.09. The van der Waals surface area contributed by atoms with E-state index in [1.54, 1.807) is 17.4 Å². The van der Waals surface area contributed by atoms with Gasteiger partial charge in [-0.05, 0) is 38.3 Å². The molecule has 0 atom stereocenters. The van der Waals surface area contributed by atoms with Crippen LogP contribution >= 0.6 is 11.3 Å². The summed E-state index contributed by atoms with van der Waals surface area (Å²) in [4.78, 5) is 31.2. The minimum absolute atomic E-state index is 0.0317. The number of anilines is 2. The Morgan fingerprint density at radius 3 is 2.66 bits per heavy atom. The largest absolute Gasteiger partial charge is 0.385 e. The van der Waals surface area contributed by atoms with Gasteiger partial charge >= 0.3 is 0 Å². The molecule has 2 amide bonds. The number of methoxy groups -OCH3 is 1. The van der Waals surface area contributed by atoms with Crippen molar-refractivity contribution in [2.75, 3.05) is 38.7 Å². The molecule has 0 saturated carbocycles. The van der Waals surface area contributed by atoms with Gasteiger partial charge in [-0.25, -0.2) is 4.98 Å². The van der Waals surface area contributed by atoms with Crippen molar-refractivity contribution in [2.24, 2.45) is 5.92 Å². The zero-order valence-electron chi connectivity index (χ0n) is 16.9. The monoisotopic (exact) mass is 416 g/mol. The van der Waals surface area contributed by atoms with E-state index in [0.717, 1.165) is 12.1 Å². The highest BCUT2D eigenvalue weighted by atomic mass is 32.1. The molecule has 0 bridgehead atoms. The summed E-state index contributed by atoms with van der Waals surface area (Å²) >= 11 is 1.42. The highest BCUT2D eigenvalue weighted by Crippen LogP contribution is 2.24. The number of carbonyl (C=O) groups excluding carboxylic acids is 2. The molecule has 1 saturated heterocycles. The van der Waals surface area contributed by atoms with Gasteiger partial charge in [-0.1, -0.05) is 17.7 Å². The minimum atomic E-state index is -0.0721. The van der Waals surface area contributed by atoms with Crippen LogP contribution in [0.3, 0.4) is 0 Å². The summed E-state index contributed by atoms with van der Waals surface area (Å²) in [5.74, 6) is -0.0283. The highest BCUT2D eigenvalue weighted by molar-refractivity contribution is 7.14. The topological polar surface area (TPSA) is 83.6 Å². The molecule has 1 aliphatic heterocycles. The van der Waals surface area contributed by atoms with E-state index in [0.29, 0.717) is 49.9 Å². The van der Waals surface area contributed by atoms with Gasteiger partial charge in [0.15, 0.2) is 5.13 Å². The lowest BCUT2D eigenvalue weighted by Crippen LogP contribution is -2.43. The Bertz CT molecular complexity index is 814. The van der Waals surface area contributed by atoms with Crippen LogP contribution in [0.15, 0.2) is 29.6 Å². The molecular formula is C21H28N4O3S. The second-order valence-electron chi connectivity index (χ2n) is 7.23. The summed E-state index contributed by atoms with van der Waals surface area (Å²) < 4.78 is 4.99. The van der Waals surface area contributed by atoms with Gasteiger partial charge in [0.1, 0.15) is 5.69 Å². The number of likely N-dealkylation sites (tertiary alicyclic amines) is 1. The molecule has 0 radical (unpaired) electrons. The number of carbonyl (C=O) groups is 2. The standard InChI is InChI=1S/C21H28N4O3S/c1-15-4-6-17(7-5-15)23-21-24-18(14-29-21)20(27)25-11-8-16(9-12-25)19(26)22-10-3-13-28-2/h4-7,14,16H,3,8-13H2,1-2H3,(H,22,26)(H,23,24). The van der Waals surface area contributed by atoms with Crippen molar-refractivity contribution in [1.29, 1.82) is 0 Å². The lowest BCUT2D eigenvalue weighted by atomic mass is 9.95. The first-order chi connectivity index (χ1) is 14.1. The van der Waals surface area contributed by atoms with Gasteiger partial charge in [-0.15, -0.1) is 11.3 Å². The molecule has 7 nitrogen and oxygen atoms in total. The van der Waals surface area contributed by atoms with Gasteiger partial charge < -0.3 is 20.3 Å². The molecule has 1 fully saturated rings. The van der Waals surface area contributed by atoms with Crippen molar-refractivity contribution in [3.8, 4) is 0 Å². The van der Waals surface area contributed by atoms with Gasteiger partial charge in [0.25, 0.3) is 5.91 Å². The van der Waals surface area contributed by atoms with Crippen LogP contribution in [-0.4, -0.2) is 55.0 Å². The fraction of sp³-hybridized carbons (Fsp3) is 0.476. The molecule has 1 aromatic carbocycles. The second kappa shape index (κ2) is 10.4. The van der Waals surface area contributed by atoms with Crippen LogP contribution in [0.4, 0.5) is 10.8 Å². The van der Waals surface area contributed by atoms with E-state index in [-0.39, 0.29) is 17.7 Å². The molecule has 3 rings (SSSR count). The van der Waals surface area contributed by atoms with E-state index < -0.39 is 0 Å². The molecule has 2 aromatic rings. The van der Waals surface area contributed by atoms with Gasteiger partial charge in [-0.2, -0.15) is 0 Å². The number of benzene rings is 1. The summed E-state index contributed by atoms with van der Waals surface area (Å²) in [5, 5.41) is 8.67. The van der Waals surface area contributed by atoms with Gasteiger partial charge in [0, 0.05) is 50.3 Å². The maximum atomic E-state index is 12.8. The number of aromatic nitrogens is 1. The van der Waals surface area contributed by atoms with Crippen molar-refractivity contribution in [1.82, 2.24) is 15.2 Å². The van der Waals surface area contributed by atoms with Crippen molar-refractivity contribution in [3.05, 3.63) is 40.9 Å². The van der Waals surface area contributed by atoms with E-state index in [4.69, 9.17) is 4.74 Å². The molecule has 1 aliphatic rings. The quantitative estimate of drug-likeness (QED) is 0.646. The van der Waals surface area contributed by atoms with Gasteiger partial charge in [0.2, 0.25) is 5.91 Å². The maximum Gasteiger partial charge on any atom is 0.273 e. The molecular weight excluding hydrogens is 388 g/mol. The summed E-state index contributed by atoms with van der Waals surface area (Å²) in [7, 11) is 1.65. The maximum absolute atomic E-state index is 12.8. The molecule has 2 N–H and O–H groups in total. The Hall–Kier alpha value is -2.45. The predicted octanol–water partition coefficient (Wildman–Crippen LogP) is 3.20. The summed E-state index contributed by atoms with van der Waals surface area (Å²) in [5.41, 5.74) is 2.59. The third-order valence-corrected chi connectivity index (χ3v) is 5.76. The molecule has 156 valence electrons. The Kier molecular flexibility index (Phi) is 7.60. The third-order valence-electron chi connectivity index (χ3n) is 5.00. The Balaban J connectivity index is 1.47. The Morgan fingerprint density at radius 1 is 1.24 bits per heavy atom. The SMILES string of the molecule is COCCCNC(=O)C1CCN(C(=O)c2csc(Nc3ccc(C)cc3)n2)CC1. The number of nitrogens with one attached hydrogen (secondary N) is 2. The number of aryl methyl sites for hydroxylation is 1. The fourth-order valence-corrected chi connectivity index (χ4v) is 3.97. The average Bonchev–Trinajstić information content (AvgIpc) is 3.21. The van der Waals surface area contributed by atoms with Crippen LogP contribution in [0, 0.1) is 12.8 Å². The van der Waals surface area contributed by atoms with Crippen molar-refractivity contribution < 1.29 is 14.3 Å². The molecule has 1 aromatic heterocycles. The molecule has 0 spiro atoms. The number of ether oxygens (including phenoxy) is 1. The van der Waals surface area contributed by atoms with Crippen LogP contribution in [0.25, 0.3) is 0 Å². The van der Waals surface area contributed by atoms with Crippen LogP contribution in [-0.2, 0) is 9.53 Å². The first-order valence-electron chi connectivity index (χ1n) is 9.92. The number of nitrogens with zero attached hydrogens (tertiary/aromatic N) is 2. The summed E-state index contributed by atoms with van der Waals surface area (Å²) in [6, 6.07) is 8.03. The van der Waals surface area contributed by atoms with Crippen molar-refractivity contribution in [3.63, 3.8) is 0 Å². The smallest absolute Gasteiger partial charge is 0.273 e. The number of piperidine rings is 1. The van der Waals surface area contributed by atoms with Crippen LogP contribution in [0.1, 0.15) is 35.3 Å².